The van der Waals surface area contributed by atoms with Crippen molar-refractivity contribution < 1.29 is 9.53 Å². The third kappa shape index (κ3) is 4.79. The smallest absolute Gasteiger partial charge is 0.429 e. The van der Waals surface area contributed by atoms with Crippen LogP contribution in [0, 0.1) is 0 Å². The van der Waals surface area contributed by atoms with Crippen LogP contribution < -0.4 is 5.84 Å². The third-order valence-corrected chi connectivity index (χ3v) is 3.66. The standard InChI is InChI=1S/C12H22N4O2.2ClH/c1-10-11(18-12(17)16(10)13)4-3-5-15-8-6-14(2)7-9-15;;/h11H,1,3-9,13H2,2H3;2*1H. The fourth-order valence-corrected chi connectivity index (χ4v) is 2.32. The van der Waals surface area contributed by atoms with Crippen molar-refractivity contribution in [2.75, 3.05) is 39.8 Å². The molecule has 2 aliphatic rings. The van der Waals surface area contributed by atoms with Gasteiger partial charge >= 0.3 is 6.09 Å². The van der Waals surface area contributed by atoms with Gasteiger partial charge in [0.15, 0.2) is 0 Å². The Morgan fingerprint density at radius 1 is 1.30 bits per heavy atom. The second-order valence-electron chi connectivity index (χ2n) is 5.02. The van der Waals surface area contributed by atoms with E-state index in [1.165, 1.54) is 0 Å². The highest BCUT2D eigenvalue weighted by atomic mass is 35.5. The highest BCUT2D eigenvalue weighted by Crippen LogP contribution is 2.22. The van der Waals surface area contributed by atoms with Crippen molar-refractivity contribution in [1.82, 2.24) is 14.8 Å². The minimum absolute atomic E-state index is 0. The Kier molecular flexibility index (Phi) is 8.46. The molecule has 1 unspecified atom stereocenters. The quantitative estimate of drug-likeness (QED) is 0.618. The SMILES string of the molecule is C=C1C(CCCN2CCN(C)CC2)OC(=O)N1N.Cl.Cl. The monoisotopic (exact) mass is 326 g/mol. The molecule has 2 saturated heterocycles. The number of hydrogen-bond acceptors (Lipinski definition) is 5. The summed E-state index contributed by atoms with van der Waals surface area (Å²) in [5.74, 6) is 5.49. The molecule has 0 aromatic rings. The molecule has 0 aromatic heterocycles. The Labute approximate surface area is 132 Å². The maximum atomic E-state index is 11.2. The maximum Gasteiger partial charge on any atom is 0.429 e. The molecule has 2 N–H and O–H groups in total. The van der Waals surface area contributed by atoms with E-state index in [1.807, 2.05) is 0 Å². The van der Waals surface area contributed by atoms with Crippen molar-refractivity contribution in [2.24, 2.45) is 5.84 Å². The van der Waals surface area contributed by atoms with Crippen molar-refractivity contribution in [3.8, 4) is 0 Å². The molecule has 0 spiro atoms. The Bertz CT molecular complexity index is 335. The van der Waals surface area contributed by atoms with Crippen molar-refractivity contribution in [1.29, 1.82) is 0 Å². The van der Waals surface area contributed by atoms with Crippen molar-refractivity contribution in [2.45, 2.75) is 18.9 Å². The number of rotatable bonds is 4. The Balaban J connectivity index is 0.00000180. The first-order valence-electron chi connectivity index (χ1n) is 6.43. The number of hydrogen-bond donors (Lipinski definition) is 1. The lowest BCUT2D eigenvalue weighted by Gasteiger charge is -2.32. The number of piperazine rings is 1. The van der Waals surface area contributed by atoms with Crippen LogP contribution in [0.25, 0.3) is 0 Å². The van der Waals surface area contributed by atoms with E-state index in [4.69, 9.17) is 10.6 Å². The number of nitrogens with zero attached hydrogens (tertiary/aromatic N) is 3. The minimum atomic E-state index is -0.496. The van der Waals surface area contributed by atoms with Gasteiger partial charge in [0.05, 0.1) is 5.70 Å². The number of cyclic esters (lactones) is 1. The summed E-state index contributed by atoms with van der Waals surface area (Å²) in [5.41, 5.74) is 0.568. The van der Waals surface area contributed by atoms with Gasteiger partial charge in [-0.2, -0.15) is 0 Å². The van der Waals surface area contributed by atoms with E-state index in [0.29, 0.717) is 5.70 Å². The van der Waals surface area contributed by atoms with Crippen LogP contribution in [0.5, 0.6) is 0 Å². The second kappa shape index (κ2) is 8.69. The highest BCUT2D eigenvalue weighted by Gasteiger charge is 2.33. The fourth-order valence-electron chi connectivity index (χ4n) is 2.32. The van der Waals surface area contributed by atoms with Gasteiger partial charge in [0.25, 0.3) is 0 Å². The average molecular weight is 327 g/mol. The summed E-state index contributed by atoms with van der Waals surface area (Å²) < 4.78 is 5.13. The number of halogens is 2. The van der Waals surface area contributed by atoms with Gasteiger partial charge in [-0.25, -0.2) is 15.6 Å². The lowest BCUT2D eigenvalue weighted by Crippen LogP contribution is -2.44. The van der Waals surface area contributed by atoms with Crippen LogP contribution in [0.2, 0.25) is 0 Å². The zero-order chi connectivity index (χ0) is 13.1. The number of carbonyl (C=O) groups excluding carboxylic acids is 1. The topological polar surface area (TPSA) is 62.0 Å². The summed E-state index contributed by atoms with van der Waals surface area (Å²) in [7, 11) is 2.15. The Morgan fingerprint density at radius 3 is 2.40 bits per heavy atom. The van der Waals surface area contributed by atoms with Crippen LogP contribution in [0.15, 0.2) is 12.3 Å². The van der Waals surface area contributed by atoms with Gasteiger partial charge in [-0.1, -0.05) is 6.58 Å². The molecule has 2 aliphatic heterocycles. The second-order valence-corrected chi connectivity index (χ2v) is 5.02. The lowest BCUT2D eigenvalue weighted by atomic mass is 10.1. The summed E-state index contributed by atoms with van der Waals surface area (Å²) in [4.78, 5) is 16.0. The molecule has 20 heavy (non-hydrogen) atoms. The zero-order valence-corrected chi connectivity index (χ0v) is 13.4. The first-order chi connectivity index (χ1) is 8.58. The average Bonchev–Trinajstić information content (AvgIpc) is 2.60. The molecule has 8 heteroatoms. The summed E-state index contributed by atoms with van der Waals surface area (Å²) >= 11 is 0. The first-order valence-corrected chi connectivity index (χ1v) is 6.43. The largest absolute Gasteiger partial charge is 0.438 e. The van der Waals surface area contributed by atoms with Crippen molar-refractivity contribution in [3.63, 3.8) is 0 Å². The predicted molar refractivity (Wildman–Crippen MR) is 83.1 cm³/mol. The molecule has 1 amide bonds. The number of amides is 1. The molecular weight excluding hydrogens is 303 g/mol. The van der Waals surface area contributed by atoms with E-state index in [2.05, 4.69) is 23.4 Å². The molecule has 0 aromatic carbocycles. The molecule has 2 fully saturated rings. The van der Waals surface area contributed by atoms with Gasteiger partial charge in [0, 0.05) is 26.2 Å². The Morgan fingerprint density at radius 2 is 1.90 bits per heavy atom. The fraction of sp³-hybridized carbons (Fsp3) is 0.750. The number of carbonyl (C=O) groups is 1. The van der Waals surface area contributed by atoms with E-state index in [1.54, 1.807) is 0 Å². The van der Waals surface area contributed by atoms with Crippen LogP contribution >= 0.6 is 24.8 Å². The van der Waals surface area contributed by atoms with Gasteiger partial charge in [-0.15, -0.1) is 24.8 Å². The molecule has 0 radical (unpaired) electrons. The molecule has 0 saturated carbocycles. The van der Waals surface area contributed by atoms with Crippen LogP contribution in [-0.2, 0) is 4.74 Å². The van der Waals surface area contributed by atoms with Gasteiger partial charge in [0.1, 0.15) is 6.10 Å². The number of likely N-dealkylation sites (N-methyl/N-ethyl adjacent to an activating group) is 1. The molecule has 2 rings (SSSR count). The summed E-state index contributed by atoms with van der Waals surface area (Å²) in [5, 5.41) is 1.00. The molecule has 2 heterocycles. The molecule has 118 valence electrons. The molecule has 6 nitrogen and oxygen atoms in total. The number of hydrazine groups is 1. The summed E-state index contributed by atoms with van der Waals surface area (Å²) in [6.07, 6.45) is 1.05. The predicted octanol–water partition coefficient (Wildman–Crippen LogP) is 1.07. The number of ether oxygens (including phenoxy) is 1. The zero-order valence-electron chi connectivity index (χ0n) is 11.8. The van der Waals surface area contributed by atoms with E-state index in [-0.39, 0.29) is 30.9 Å². The minimum Gasteiger partial charge on any atom is -0.438 e. The van der Waals surface area contributed by atoms with Gasteiger partial charge < -0.3 is 14.5 Å². The van der Waals surface area contributed by atoms with Crippen molar-refractivity contribution >= 4 is 30.9 Å². The summed E-state index contributed by atoms with van der Waals surface area (Å²) in [6, 6.07) is 0. The normalized spacial score (nSPS) is 24.1. The molecule has 1 atom stereocenters. The van der Waals surface area contributed by atoms with Crippen molar-refractivity contribution in [3.05, 3.63) is 12.3 Å². The lowest BCUT2D eigenvalue weighted by molar-refractivity contribution is 0.121. The maximum absolute atomic E-state index is 11.2. The van der Waals surface area contributed by atoms with E-state index in [9.17, 15) is 4.79 Å². The van der Waals surface area contributed by atoms with Crippen LogP contribution in [0.1, 0.15) is 12.8 Å². The van der Waals surface area contributed by atoms with Gasteiger partial charge in [-0.3, -0.25) is 0 Å². The first kappa shape index (κ1) is 19.5. The number of nitrogens with two attached hydrogens (primary N) is 1. The van der Waals surface area contributed by atoms with Gasteiger partial charge in [-0.05, 0) is 26.4 Å². The van der Waals surface area contributed by atoms with E-state index >= 15 is 0 Å². The van der Waals surface area contributed by atoms with Gasteiger partial charge in [0.2, 0.25) is 0 Å². The Hall–Kier alpha value is -0.530. The molecule has 0 bridgehead atoms. The van der Waals surface area contributed by atoms with Crippen LogP contribution in [0.3, 0.4) is 0 Å². The van der Waals surface area contributed by atoms with E-state index < -0.39 is 6.09 Å². The molecular formula is C12H24Cl2N4O2. The van der Waals surface area contributed by atoms with Crippen LogP contribution in [-0.4, -0.2) is 66.8 Å². The highest BCUT2D eigenvalue weighted by molar-refractivity contribution is 5.85. The third-order valence-electron chi connectivity index (χ3n) is 3.66. The van der Waals surface area contributed by atoms with E-state index in [0.717, 1.165) is 50.6 Å². The van der Waals surface area contributed by atoms with Crippen LogP contribution in [0.4, 0.5) is 4.79 Å². The molecule has 0 aliphatic carbocycles. The summed E-state index contributed by atoms with van der Waals surface area (Å²) in [6.45, 7) is 9.30.